The first-order valence-electron chi connectivity index (χ1n) is 7.75. The Bertz CT molecular complexity index is 629. The molecular weight excluding hydrogens is 292 g/mol. The molecule has 1 heterocycles. The van der Waals surface area contributed by atoms with Crippen LogP contribution in [-0.4, -0.2) is 29.5 Å². The highest BCUT2D eigenvalue weighted by Crippen LogP contribution is 2.25. The first-order chi connectivity index (χ1) is 11.2. The summed E-state index contributed by atoms with van der Waals surface area (Å²) in [4.78, 5) is 20.3. The van der Waals surface area contributed by atoms with Gasteiger partial charge in [0, 0.05) is 6.54 Å². The van der Waals surface area contributed by atoms with Gasteiger partial charge in [0.15, 0.2) is 0 Å². The van der Waals surface area contributed by atoms with Gasteiger partial charge in [-0.3, -0.25) is 4.79 Å². The van der Waals surface area contributed by atoms with Crippen LogP contribution in [0.15, 0.2) is 36.7 Å². The van der Waals surface area contributed by atoms with E-state index in [1.165, 1.54) is 12.4 Å². The molecule has 23 heavy (non-hydrogen) atoms. The number of hydrogen-bond donors (Lipinski definition) is 2. The third kappa shape index (κ3) is 4.95. The minimum Gasteiger partial charge on any atom is -0.495 e. The van der Waals surface area contributed by atoms with Crippen LogP contribution in [0.25, 0.3) is 0 Å². The summed E-state index contributed by atoms with van der Waals surface area (Å²) in [6.45, 7) is 2.79. The van der Waals surface area contributed by atoms with Crippen molar-refractivity contribution in [1.29, 1.82) is 0 Å². The van der Waals surface area contributed by atoms with Gasteiger partial charge in [-0.05, 0) is 18.6 Å². The molecule has 2 rings (SSSR count). The number of methoxy groups -OCH3 is 1. The summed E-state index contributed by atoms with van der Waals surface area (Å²) in [6, 6.07) is 7.53. The Kier molecular flexibility index (Phi) is 6.35. The van der Waals surface area contributed by atoms with Crippen molar-refractivity contribution in [2.24, 2.45) is 0 Å². The van der Waals surface area contributed by atoms with Crippen LogP contribution < -0.4 is 15.4 Å². The van der Waals surface area contributed by atoms with Crippen LogP contribution in [0, 0.1) is 0 Å². The molecule has 6 nitrogen and oxygen atoms in total. The molecule has 0 aliphatic carbocycles. The number of aromatic nitrogens is 2. The molecule has 0 aliphatic heterocycles. The van der Waals surface area contributed by atoms with Gasteiger partial charge in [0.25, 0.3) is 5.91 Å². The average molecular weight is 314 g/mol. The molecule has 1 aromatic heterocycles. The lowest BCUT2D eigenvalue weighted by Gasteiger charge is -2.10. The van der Waals surface area contributed by atoms with E-state index in [4.69, 9.17) is 4.74 Å². The molecule has 122 valence electrons. The highest BCUT2D eigenvalue weighted by molar-refractivity contribution is 5.92. The number of hydrogen-bond acceptors (Lipinski definition) is 5. The summed E-state index contributed by atoms with van der Waals surface area (Å²) in [6.07, 6.45) is 6.20. The molecule has 0 fully saturated rings. The molecule has 0 atom stereocenters. The van der Waals surface area contributed by atoms with E-state index in [9.17, 15) is 4.79 Å². The number of rotatable bonds is 8. The summed E-state index contributed by atoms with van der Waals surface area (Å²) in [5, 5.41) is 5.96. The van der Waals surface area contributed by atoms with Crippen LogP contribution in [0.4, 0.5) is 11.5 Å². The van der Waals surface area contributed by atoms with Crippen molar-refractivity contribution in [2.75, 3.05) is 19.0 Å². The minimum atomic E-state index is -0.197. The molecule has 0 unspecified atom stereocenters. The Hall–Kier alpha value is -2.63. The zero-order chi connectivity index (χ0) is 16.5. The fraction of sp³-hybridized carbons (Fsp3) is 0.353. The van der Waals surface area contributed by atoms with E-state index in [1.807, 2.05) is 24.3 Å². The van der Waals surface area contributed by atoms with E-state index in [0.717, 1.165) is 24.9 Å². The van der Waals surface area contributed by atoms with Gasteiger partial charge in [0.1, 0.15) is 17.3 Å². The van der Waals surface area contributed by atoms with Gasteiger partial charge in [-0.1, -0.05) is 31.9 Å². The van der Waals surface area contributed by atoms with Crippen molar-refractivity contribution >= 4 is 17.4 Å². The quantitative estimate of drug-likeness (QED) is 0.732. The summed E-state index contributed by atoms with van der Waals surface area (Å²) in [5.41, 5.74) is 1.10. The fourth-order valence-corrected chi connectivity index (χ4v) is 2.06. The number of carbonyl (C=O) groups is 1. The van der Waals surface area contributed by atoms with Crippen molar-refractivity contribution < 1.29 is 9.53 Å². The summed E-state index contributed by atoms with van der Waals surface area (Å²) >= 11 is 0. The second kappa shape index (κ2) is 8.73. The molecule has 1 aromatic carbocycles. The van der Waals surface area contributed by atoms with Gasteiger partial charge >= 0.3 is 0 Å². The molecular formula is C17H22N4O2. The maximum absolute atomic E-state index is 11.9. The molecule has 0 radical (unpaired) electrons. The lowest BCUT2D eigenvalue weighted by Crippen LogP contribution is -2.25. The molecule has 0 bridgehead atoms. The number of benzene rings is 1. The SMILES string of the molecule is CCCCCNC(=O)c1cnc(Nc2ccccc2OC)cn1. The topological polar surface area (TPSA) is 76.1 Å². The number of nitrogens with one attached hydrogen (secondary N) is 2. The second-order valence-electron chi connectivity index (χ2n) is 5.08. The highest BCUT2D eigenvalue weighted by atomic mass is 16.5. The van der Waals surface area contributed by atoms with E-state index >= 15 is 0 Å². The van der Waals surface area contributed by atoms with Crippen molar-refractivity contribution in [3.63, 3.8) is 0 Å². The van der Waals surface area contributed by atoms with Crippen LogP contribution in [0.2, 0.25) is 0 Å². The van der Waals surface area contributed by atoms with Crippen molar-refractivity contribution in [1.82, 2.24) is 15.3 Å². The van der Waals surface area contributed by atoms with Gasteiger partial charge in [-0.2, -0.15) is 0 Å². The Balaban J connectivity index is 1.95. The number of anilines is 2. The Labute approximate surface area is 136 Å². The van der Waals surface area contributed by atoms with Gasteiger partial charge < -0.3 is 15.4 Å². The molecule has 1 amide bonds. The number of amides is 1. The maximum atomic E-state index is 11.9. The normalized spacial score (nSPS) is 10.2. The zero-order valence-electron chi connectivity index (χ0n) is 13.5. The second-order valence-corrected chi connectivity index (χ2v) is 5.08. The van der Waals surface area contributed by atoms with Gasteiger partial charge in [0.2, 0.25) is 0 Å². The van der Waals surface area contributed by atoms with Crippen molar-refractivity contribution in [3.8, 4) is 5.75 Å². The smallest absolute Gasteiger partial charge is 0.271 e. The standard InChI is InChI=1S/C17H22N4O2/c1-3-4-7-10-18-17(22)14-11-20-16(12-19-14)21-13-8-5-6-9-15(13)23-2/h5-6,8-9,11-12H,3-4,7,10H2,1-2H3,(H,18,22)(H,20,21). The van der Waals surface area contributed by atoms with Crippen molar-refractivity contribution in [2.45, 2.75) is 26.2 Å². The number of ether oxygens (including phenoxy) is 1. The van der Waals surface area contributed by atoms with Gasteiger partial charge in [-0.15, -0.1) is 0 Å². The maximum Gasteiger partial charge on any atom is 0.271 e. The summed E-state index contributed by atoms with van der Waals surface area (Å²) < 4.78 is 5.27. The minimum absolute atomic E-state index is 0.197. The number of unbranched alkanes of at least 4 members (excludes halogenated alkanes) is 2. The number of nitrogens with zero attached hydrogens (tertiary/aromatic N) is 2. The van der Waals surface area contributed by atoms with Crippen LogP contribution in [0.1, 0.15) is 36.7 Å². The highest BCUT2D eigenvalue weighted by Gasteiger charge is 2.08. The average Bonchev–Trinajstić information content (AvgIpc) is 2.59. The first-order valence-corrected chi connectivity index (χ1v) is 7.75. The molecule has 6 heteroatoms. The van der Waals surface area contributed by atoms with Gasteiger partial charge in [0.05, 0.1) is 25.2 Å². The van der Waals surface area contributed by atoms with Gasteiger partial charge in [-0.25, -0.2) is 9.97 Å². The molecule has 0 saturated carbocycles. The van der Waals surface area contributed by atoms with E-state index in [1.54, 1.807) is 7.11 Å². The predicted octanol–water partition coefficient (Wildman–Crippen LogP) is 3.15. The Morgan fingerprint density at radius 2 is 2.00 bits per heavy atom. The van der Waals surface area contributed by atoms with Crippen molar-refractivity contribution in [3.05, 3.63) is 42.4 Å². The monoisotopic (exact) mass is 314 g/mol. The third-order valence-corrected chi connectivity index (χ3v) is 3.32. The lowest BCUT2D eigenvalue weighted by molar-refractivity contribution is 0.0947. The number of carbonyl (C=O) groups excluding carboxylic acids is 1. The van der Waals surface area contributed by atoms with E-state index in [0.29, 0.717) is 23.8 Å². The van der Waals surface area contributed by atoms with Crippen LogP contribution >= 0.6 is 0 Å². The predicted molar refractivity (Wildman–Crippen MR) is 90.2 cm³/mol. The van der Waals surface area contributed by atoms with E-state index in [2.05, 4.69) is 27.5 Å². The molecule has 0 spiro atoms. The molecule has 0 saturated heterocycles. The van der Waals surface area contributed by atoms with Crippen LogP contribution in [-0.2, 0) is 0 Å². The lowest BCUT2D eigenvalue weighted by atomic mass is 10.2. The van der Waals surface area contributed by atoms with Crippen LogP contribution in [0.3, 0.4) is 0 Å². The summed E-state index contributed by atoms with van der Waals surface area (Å²) in [5.74, 6) is 1.07. The zero-order valence-corrected chi connectivity index (χ0v) is 13.5. The van der Waals surface area contributed by atoms with E-state index in [-0.39, 0.29) is 5.91 Å². The molecule has 0 aliphatic rings. The molecule has 2 N–H and O–H groups in total. The molecule has 2 aromatic rings. The largest absolute Gasteiger partial charge is 0.495 e. The fourth-order valence-electron chi connectivity index (χ4n) is 2.06. The Morgan fingerprint density at radius 1 is 1.17 bits per heavy atom. The number of para-hydroxylation sites is 2. The third-order valence-electron chi connectivity index (χ3n) is 3.32. The van der Waals surface area contributed by atoms with Crippen LogP contribution in [0.5, 0.6) is 5.75 Å². The van der Waals surface area contributed by atoms with E-state index < -0.39 is 0 Å². The Morgan fingerprint density at radius 3 is 2.70 bits per heavy atom. The first kappa shape index (κ1) is 16.7. The summed E-state index contributed by atoms with van der Waals surface area (Å²) in [7, 11) is 1.61.